The Morgan fingerprint density at radius 3 is 2.72 bits per heavy atom. The van der Waals surface area contributed by atoms with Gasteiger partial charge in [0.25, 0.3) is 0 Å². The molecule has 3 heterocycles. The minimum absolute atomic E-state index is 0.126. The monoisotopic (exact) mass is 407 g/mol. The van der Waals surface area contributed by atoms with E-state index >= 15 is 0 Å². The Balaban J connectivity index is 1.74. The van der Waals surface area contributed by atoms with E-state index in [-0.39, 0.29) is 12.1 Å². The number of aromatic nitrogens is 1. The minimum Gasteiger partial charge on any atom is -0.465 e. The van der Waals surface area contributed by atoms with Crippen LogP contribution in [-0.4, -0.2) is 34.6 Å². The summed E-state index contributed by atoms with van der Waals surface area (Å²) >= 11 is 5.55. The molecule has 0 saturated carbocycles. The SMILES string of the molecule is CCN1C(=S)N[C@@H](c2ccccn2)[C@@H]1c1ccc(-c2ccccc2C(=O)OC)o1. The zero-order valence-corrected chi connectivity index (χ0v) is 17.0. The molecule has 148 valence electrons. The number of ether oxygens (including phenoxy) is 1. The lowest BCUT2D eigenvalue weighted by Crippen LogP contribution is -2.29. The topological polar surface area (TPSA) is 67.6 Å². The first-order valence-electron chi connectivity index (χ1n) is 9.39. The number of nitrogens with one attached hydrogen (secondary N) is 1. The van der Waals surface area contributed by atoms with Crippen molar-refractivity contribution in [3.63, 3.8) is 0 Å². The molecule has 0 unspecified atom stereocenters. The highest BCUT2D eigenvalue weighted by Gasteiger charge is 2.41. The van der Waals surface area contributed by atoms with Gasteiger partial charge in [-0.1, -0.05) is 24.3 Å². The average Bonchev–Trinajstić information content (AvgIpc) is 3.38. The van der Waals surface area contributed by atoms with Crippen molar-refractivity contribution in [2.24, 2.45) is 0 Å². The number of nitrogens with zero attached hydrogens (tertiary/aromatic N) is 2. The number of rotatable bonds is 5. The van der Waals surface area contributed by atoms with E-state index in [2.05, 4.69) is 22.1 Å². The molecule has 1 aliphatic rings. The molecule has 0 aliphatic carbocycles. The van der Waals surface area contributed by atoms with E-state index in [0.717, 1.165) is 18.0 Å². The Morgan fingerprint density at radius 1 is 1.21 bits per heavy atom. The van der Waals surface area contributed by atoms with Gasteiger partial charge in [0.05, 0.1) is 24.4 Å². The molecule has 7 heteroatoms. The van der Waals surface area contributed by atoms with Crippen LogP contribution in [0.2, 0.25) is 0 Å². The second kappa shape index (κ2) is 8.05. The van der Waals surface area contributed by atoms with Gasteiger partial charge in [-0.25, -0.2) is 4.79 Å². The largest absolute Gasteiger partial charge is 0.465 e. The van der Waals surface area contributed by atoms with E-state index in [1.807, 2.05) is 42.5 Å². The van der Waals surface area contributed by atoms with Crippen molar-refractivity contribution in [2.75, 3.05) is 13.7 Å². The minimum atomic E-state index is -0.399. The van der Waals surface area contributed by atoms with Crippen LogP contribution in [0.3, 0.4) is 0 Å². The van der Waals surface area contributed by atoms with Crippen LogP contribution in [0.1, 0.15) is 40.8 Å². The highest BCUT2D eigenvalue weighted by atomic mass is 32.1. The van der Waals surface area contributed by atoms with E-state index in [1.54, 1.807) is 18.3 Å². The summed E-state index contributed by atoms with van der Waals surface area (Å²) in [5, 5.41) is 4.04. The van der Waals surface area contributed by atoms with Crippen LogP contribution in [0, 0.1) is 0 Å². The smallest absolute Gasteiger partial charge is 0.338 e. The molecule has 29 heavy (non-hydrogen) atoms. The number of carbonyl (C=O) groups excluding carboxylic acids is 1. The number of esters is 1. The highest BCUT2D eigenvalue weighted by Crippen LogP contribution is 2.40. The second-order valence-corrected chi connectivity index (χ2v) is 7.04. The third-order valence-electron chi connectivity index (χ3n) is 5.05. The maximum Gasteiger partial charge on any atom is 0.338 e. The van der Waals surface area contributed by atoms with E-state index in [0.29, 0.717) is 22.0 Å². The van der Waals surface area contributed by atoms with Crippen LogP contribution in [0.5, 0.6) is 0 Å². The summed E-state index contributed by atoms with van der Waals surface area (Å²) < 4.78 is 11.1. The maximum absolute atomic E-state index is 12.1. The lowest BCUT2D eigenvalue weighted by atomic mass is 10.0. The van der Waals surface area contributed by atoms with Crippen molar-refractivity contribution in [2.45, 2.75) is 19.0 Å². The third kappa shape index (κ3) is 3.49. The second-order valence-electron chi connectivity index (χ2n) is 6.65. The highest BCUT2D eigenvalue weighted by molar-refractivity contribution is 7.80. The number of thiocarbonyl (C=S) groups is 1. The zero-order chi connectivity index (χ0) is 20.4. The van der Waals surface area contributed by atoms with Gasteiger partial charge in [-0.05, 0) is 49.5 Å². The molecule has 0 radical (unpaired) electrons. The molecule has 6 nitrogen and oxygen atoms in total. The molecule has 0 amide bonds. The van der Waals surface area contributed by atoms with E-state index in [1.165, 1.54) is 7.11 Å². The van der Waals surface area contributed by atoms with Crippen LogP contribution in [-0.2, 0) is 4.74 Å². The van der Waals surface area contributed by atoms with Crippen LogP contribution >= 0.6 is 12.2 Å². The van der Waals surface area contributed by atoms with Gasteiger partial charge in [0.15, 0.2) is 5.11 Å². The first-order chi connectivity index (χ1) is 14.1. The maximum atomic E-state index is 12.1. The predicted octanol–water partition coefficient (Wildman–Crippen LogP) is 4.12. The van der Waals surface area contributed by atoms with Crippen molar-refractivity contribution < 1.29 is 13.9 Å². The Bertz CT molecular complexity index is 1030. The fourth-order valence-corrected chi connectivity index (χ4v) is 4.07. The van der Waals surface area contributed by atoms with Crippen molar-refractivity contribution in [3.05, 3.63) is 77.8 Å². The van der Waals surface area contributed by atoms with E-state index in [9.17, 15) is 4.79 Å². The van der Waals surface area contributed by atoms with Crippen molar-refractivity contribution in [1.29, 1.82) is 0 Å². The molecule has 1 fully saturated rings. The number of hydrogen-bond acceptors (Lipinski definition) is 5. The van der Waals surface area contributed by atoms with E-state index in [4.69, 9.17) is 21.4 Å². The first-order valence-corrected chi connectivity index (χ1v) is 9.80. The molecule has 2 atom stereocenters. The number of benzene rings is 1. The Kier molecular flexibility index (Phi) is 5.31. The number of likely N-dealkylation sites (N-methyl/N-ethyl adjacent to an activating group) is 1. The van der Waals surface area contributed by atoms with Crippen molar-refractivity contribution in [3.8, 4) is 11.3 Å². The summed E-state index contributed by atoms with van der Waals surface area (Å²) in [6.07, 6.45) is 1.77. The van der Waals surface area contributed by atoms with Gasteiger partial charge in [0.2, 0.25) is 0 Å². The molecule has 1 N–H and O–H groups in total. The number of hydrogen-bond donors (Lipinski definition) is 1. The number of methoxy groups -OCH3 is 1. The normalized spacial score (nSPS) is 18.6. The summed E-state index contributed by atoms with van der Waals surface area (Å²) in [7, 11) is 1.37. The van der Waals surface area contributed by atoms with Crippen LogP contribution in [0.15, 0.2) is 65.2 Å². The molecule has 1 saturated heterocycles. The summed E-state index contributed by atoms with van der Waals surface area (Å²) in [5.41, 5.74) is 2.05. The van der Waals surface area contributed by atoms with Gasteiger partial charge in [-0.2, -0.15) is 0 Å². The molecule has 1 aliphatic heterocycles. The lowest BCUT2D eigenvalue weighted by Gasteiger charge is -2.24. The van der Waals surface area contributed by atoms with Gasteiger partial charge < -0.3 is 19.4 Å². The fraction of sp³-hybridized carbons (Fsp3) is 0.227. The summed E-state index contributed by atoms with van der Waals surface area (Å²) in [5.74, 6) is 0.961. The summed E-state index contributed by atoms with van der Waals surface area (Å²) in [6, 6.07) is 16.6. The van der Waals surface area contributed by atoms with Crippen molar-refractivity contribution >= 4 is 23.3 Å². The number of furan rings is 1. The molecule has 3 aromatic rings. The predicted molar refractivity (Wildman–Crippen MR) is 113 cm³/mol. The first kappa shape index (κ1) is 19.1. The van der Waals surface area contributed by atoms with Crippen molar-refractivity contribution in [1.82, 2.24) is 15.2 Å². The third-order valence-corrected chi connectivity index (χ3v) is 5.41. The van der Waals surface area contributed by atoms with Crippen LogP contribution in [0.25, 0.3) is 11.3 Å². The molecule has 0 bridgehead atoms. The zero-order valence-electron chi connectivity index (χ0n) is 16.2. The molecular weight excluding hydrogens is 386 g/mol. The fourth-order valence-electron chi connectivity index (χ4n) is 3.70. The summed E-state index contributed by atoms with van der Waals surface area (Å²) in [6.45, 7) is 2.78. The molecule has 1 aromatic carbocycles. The van der Waals surface area contributed by atoms with E-state index < -0.39 is 5.97 Å². The average molecular weight is 407 g/mol. The summed E-state index contributed by atoms with van der Waals surface area (Å²) in [4.78, 5) is 18.7. The molecule has 2 aromatic heterocycles. The van der Waals surface area contributed by atoms with Gasteiger partial charge in [0, 0.05) is 18.3 Å². The Hall–Kier alpha value is -3.19. The number of carbonyl (C=O) groups is 1. The van der Waals surface area contributed by atoms with Gasteiger partial charge in [-0.15, -0.1) is 0 Å². The Labute approximate surface area is 174 Å². The molecular formula is C22H21N3O3S. The van der Waals surface area contributed by atoms with Gasteiger partial charge in [-0.3, -0.25) is 4.98 Å². The van der Waals surface area contributed by atoms with Gasteiger partial charge in [0.1, 0.15) is 17.6 Å². The molecule has 0 spiro atoms. The van der Waals surface area contributed by atoms with Crippen LogP contribution < -0.4 is 5.32 Å². The lowest BCUT2D eigenvalue weighted by molar-refractivity contribution is 0.0601. The molecule has 4 rings (SSSR count). The quantitative estimate of drug-likeness (QED) is 0.504. The standard InChI is InChI=1S/C22H21N3O3S/c1-3-25-20(19(24-22(25)29)16-10-6-7-13-23-16)18-12-11-17(28-18)14-8-4-5-9-15(14)21(26)27-2/h4-13,19-20H,3H2,1-2H3,(H,24,29)/t19-,20-/m0/s1. The number of pyridine rings is 1. The van der Waals surface area contributed by atoms with Gasteiger partial charge >= 0.3 is 5.97 Å². The van der Waals surface area contributed by atoms with Crippen LogP contribution in [0.4, 0.5) is 0 Å². The Morgan fingerprint density at radius 2 is 2.00 bits per heavy atom.